The summed E-state index contributed by atoms with van der Waals surface area (Å²) in [6.45, 7) is 1.72. The molecule has 1 aromatic carbocycles. The van der Waals surface area contributed by atoms with Gasteiger partial charge in [0.1, 0.15) is 5.71 Å². The van der Waals surface area contributed by atoms with Gasteiger partial charge >= 0.3 is 5.97 Å². The van der Waals surface area contributed by atoms with E-state index in [0.717, 1.165) is 41.4 Å². The average molecular weight is 354 g/mol. The number of hydrogen-bond acceptors (Lipinski definition) is 6. The lowest BCUT2D eigenvalue weighted by Gasteiger charge is -2.30. The fourth-order valence-corrected chi connectivity index (χ4v) is 4.03. The molecule has 0 saturated carbocycles. The summed E-state index contributed by atoms with van der Waals surface area (Å²) in [7, 11) is 0. The van der Waals surface area contributed by atoms with Crippen molar-refractivity contribution in [1.82, 2.24) is 0 Å². The molecule has 25 heavy (non-hydrogen) atoms. The Balaban J connectivity index is 1.58. The van der Waals surface area contributed by atoms with Gasteiger partial charge in [0.05, 0.1) is 16.7 Å². The number of aliphatic hydroxyl groups is 1. The van der Waals surface area contributed by atoms with Gasteiger partial charge in [0.25, 0.3) is 0 Å². The van der Waals surface area contributed by atoms with E-state index in [-0.39, 0.29) is 6.10 Å². The molecule has 0 bridgehead atoms. The molecule has 5 nitrogen and oxygen atoms in total. The Bertz CT molecular complexity index is 833. The molecular formula is C19H18N2O3S. The van der Waals surface area contributed by atoms with Crippen LogP contribution < -0.4 is 4.90 Å². The highest BCUT2D eigenvalue weighted by atomic mass is 32.1. The van der Waals surface area contributed by atoms with Crippen LogP contribution in [0.2, 0.25) is 0 Å². The second-order valence-corrected chi connectivity index (χ2v) is 7.23. The molecule has 0 amide bonds. The van der Waals surface area contributed by atoms with E-state index < -0.39 is 5.97 Å². The third-order valence-corrected chi connectivity index (χ3v) is 5.51. The van der Waals surface area contributed by atoms with Crippen LogP contribution in [0.5, 0.6) is 0 Å². The van der Waals surface area contributed by atoms with Gasteiger partial charge in [-0.15, -0.1) is 11.3 Å². The number of rotatable bonds is 3. The summed E-state index contributed by atoms with van der Waals surface area (Å²) in [5.41, 5.74) is 1.91. The summed E-state index contributed by atoms with van der Waals surface area (Å²) < 4.78 is 0. The lowest BCUT2D eigenvalue weighted by Crippen LogP contribution is -2.35. The van der Waals surface area contributed by atoms with Crippen molar-refractivity contribution >= 4 is 34.1 Å². The van der Waals surface area contributed by atoms with Gasteiger partial charge in [0, 0.05) is 23.5 Å². The van der Waals surface area contributed by atoms with Gasteiger partial charge in [-0.05, 0) is 31.1 Å². The van der Waals surface area contributed by atoms with Crippen molar-refractivity contribution in [3.63, 3.8) is 0 Å². The Kier molecular flexibility index (Phi) is 4.38. The number of carbonyl (C=O) groups is 1. The highest BCUT2D eigenvalue weighted by molar-refractivity contribution is 7.17. The van der Waals surface area contributed by atoms with Crippen LogP contribution in [0.25, 0.3) is 6.08 Å². The number of oxime groups is 1. The lowest BCUT2D eigenvalue weighted by atomic mass is 10.0. The molecule has 0 radical (unpaired) electrons. The summed E-state index contributed by atoms with van der Waals surface area (Å²) >= 11 is 1.63. The highest BCUT2D eigenvalue weighted by Crippen LogP contribution is 2.31. The Morgan fingerprint density at radius 3 is 2.68 bits per heavy atom. The molecule has 0 spiro atoms. The molecule has 0 atom stereocenters. The lowest BCUT2D eigenvalue weighted by molar-refractivity contribution is -0.136. The van der Waals surface area contributed by atoms with Gasteiger partial charge < -0.3 is 14.8 Å². The van der Waals surface area contributed by atoms with Crippen molar-refractivity contribution in [3.8, 4) is 0 Å². The van der Waals surface area contributed by atoms with E-state index in [1.165, 1.54) is 0 Å². The normalized spacial score (nSPS) is 20.0. The van der Waals surface area contributed by atoms with Gasteiger partial charge in [-0.2, -0.15) is 0 Å². The maximum absolute atomic E-state index is 12.1. The second-order valence-electron chi connectivity index (χ2n) is 6.14. The predicted molar refractivity (Wildman–Crippen MR) is 98.8 cm³/mol. The Labute approximate surface area is 149 Å². The van der Waals surface area contributed by atoms with Crippen LogP contribution in [0.1, 0.15) is 23.3 Å². The van der Waals surface area contributed by atoms with E-state index in [1.54, 1.807) is 11.3 Å². The maximum Gasteiger partial charge on any atom is 0.368 e. The SMILES string of the molecule is O=C1ON=C(c2ccccc2)/C1=C/c1ccc(N2CCC(O)CC2)s1. The van der Waals surface area contributed by atoms with Crippen LogP contribution in [-0.4, -0.2) is 36.0 Å². The summed E-state index contributed by atoms with van der Waals surface area (Å²) in [4.78, 5) is 20.2. The molecule has 1 aromatic heterocycles. The number of benzene rings is 1. The minimum atomic E-state index is -0.421. The number of thiophene rings is 1. The molecule has 2 aliphatic rings. The van der Waals surface area contributed by atoms with Crippen LogP contribution in [0.4, 0.5) is 5.00 Å². The molecule has 6 heteroatoms. The molecule has 1 N–H and O–H groups in total. The van der Waals surface area contributed by atoms with Gasteiger partial charge in [-0.3, -0.25) is 0 Å². The first-order chi connectivity index (χ1) is 12.2. The van der Waals surface area contributed by atoms with Gasteiger partial charge in [0.2, 0.25) is 0 Å². The summed E-state index contributed by atoms with van der Waals surface area (Å²) in [6, 6.07) is 13.6. The maximum atomic E-state index is 12.1. The van der Waals surface area contributed by atoms with E-state index in [2.05, 4.69) is 16.1 Å². The first kappa shape index (κ1) is 16.1. The van der Waals surface area contributed by atoms with E-state index in [0.29, 0.717) is 11.3 Å². The smallest absolute Gasteiger partial charge is 0.368 e. The minimum Gasteiger partial charge on any atom is -0.393 e. The third-order valence-electron chi connectivity index (χ3n) is 4.42. The zero-order chi connectivity index (χ0) is 17.2. The highest BCUT2D eigenvalue weighted by Gasteiger charge is 2.27. The number of piperidine rings is 1. The Hall–Kier alpha value is -2.44. The minimum absolute atomic E-state index is 0.185. The summed E-state index contributed by atoms with van der Waals surface area (Å²) in [5.74, 6) is -0.421. The van der Waals surface area contributed by atoms with Gasteiger partial charge in [-0.1, -0.05) is 35.5 Å². The van der Waals surface area contributed by atoms with Crippen LogP contribution in [-0.2, 0) is 9.63 Å². The monoisotopic (exact) mass is 354 g/mol. The van der Waals surface area contributed by atoms with E-state index in [4.69, 9.17) is 4.84 Å². The van der Waals surface area contributed by atoms with Crippen molar-refractivity contribution in [2.75, 3.05) is 18.0 Å². The fraction of sp³-hybridized carbons (Fsp3) is 0.263. The molecule has 0 aliphatic carbocycles. The van der Waals surface area contributed by atoms with Gasteiger partial charge in [-0.25, -0.2) is 4.79 Å². The zero-order valence-electron chi connectivity index (χ0n) is 13.6. The largest absolute Gasteiger partial charge is 0.393 e. The standard InChI is InChI=1S/C19H18N2O3S/c22-14-8-10-21(11-9-14)17-7-6-15(25-17)12-16-18(20-24-19(16)23)13-4-2-1-3-5-13/h1-7,12,14,22H,8-11H2/b16-12-. The second kappa shape index (κ2) is 6.82. The number of hydrogen-bond donors (Lipinski definition) is 1. The van der Waals surface area contributed by atoms with Crippen molar-refractivity contribution in [2.45, 2.75) is 18.9 Å². The molecule has 3 heterocycles. The fourth-order valence-electron chi connectivity index (χ4n) is 3.03. The van der Waals surface area contributed by atoms with Crippen molar-refractivity contribution in [3.05, 3.63) is 58.5 Å². The van der Waals surface area contributed by atoms with Crippen LogP contribution in [0.3, 0.4) is 0 Å². The first-order valence-corrected chi connectivity index (χ1v) is 9.12. The average Bonchev–Trinajstić information content (AvgIpc) is 3.24. The number of aliphatic hydroxyl groups excluding tert-OH is 1. The van der Waals surface area contributed by atoms with Crippen molar-refractivity contribution in [1.29, 1.82) is 0 Å². The van der Waals surface area contributed by atoms with Crippen LogP contribution in [0.15, 0.2) is 53.2 Å². The molecule has 2 aromatic rings. The van der Waals surface area contributed by atoms with E-state index in [1.807, 2.05) is 42.5 Å². The van der Waals surface area contributed by atoms with Crippen LogP contribution in [0, 0.1) is 0 Å². The summed E-state index contributed by atoms with van der Waals surface area (Å²) in [5, 5.41) is 14.7. The molecule has 1 saturated heterocycles. The number of anilines is 1. The van der Waals surface area contributed by atoms with E-state index in [9.17, 15) is 9.90 Å². The molecule has 128 valence electrons. The Morgan fingerprint density at radius 1 is 1.16 bits per heavy atom. The number of nitrogens with zero attached hydrogens (tertiary/aromatic N) is 2. The first-order valence-electron chi connectivity index (χ1n) is 8.30. The van der Waals surface area contributed by atoms with Crippen LogP contribution >= 0.6 is 11.3 Å². The molecular weight excluding hydrogens is 336 g/mol. The summed E-state index contributed by atoms with van der Waals surface area (Å²) in [6.07, 6.45) is 3.25. The third kappa shape index (κ3) is 3.36. The molecule has 0 unspecified atom stereocenters. The van der Waals surface area contributed by atoms with Crippen molar-refractivity contribution in [2.24, 2.45) is 5.16 Å². The molecule has 4 rings (SSSR count). The van der Waals surface area contributed by atoms with Crippen molar-refractivity contribution < 1.29 is 14.7 Å². The predicted octanol–water partition coefficient (Wildman–Crippen LogP) is 3.05. The Morgan fingerprint density at radius 2 is 1.92 bits per heavy atom. The van der Waals surface area contributed by atoms with E-state index >= 15 is 0 Å². The topological polar surface area (TPSA) is 62.1 Å². The molecule has 1 fully saturated rings. The zero-order valence-corrected chi connectivity index (χ0v) is 14.4. The number of carbonyl (C=O) groups excluding carboxylic acids is 1. The van der Waals surface area contributed by atoms with Gasteiger partial charge in [0.15, 0.2) is 0 Å². The molecule has 2 aliphatic heterocycles. The quantitative estimate of drug-likeness (QED) is 0.680.